The van der Waals surface area contributed by atoms with Crippen LogP contribution < -0.4 is 10.6 Å². The van der Waals surface area contributed by atoms with Crippen molar-refractivity contribution in [3.63, 3.8) is 0 Å². The van der Waals surface area contributed by atoms with Crippen LogP contribution in [0.1, 0.15) is 24.1 Å². The molecule has 0 aliphatic rings. The van der Waals surface area contributed by atoms with Crippen molar-refractivity contribution in [1.29, 1.82) is 5.41 Å². The van der Waals surface area contributed by atoms with Gasteiger partial charge in [0.2, 0.25) is 0 Å². The summed E-state index contributed by atoms with van der Waals surface area (Å²) in [6, 6.07) is 12.0. The van der Waals surface area contributed by atoms with E-state index in [4.69, 9.17) is 16.1 Å². The van der Waals surface area contributed by atoms with Crippen molar-refractivity contribution in [2.45, 2.75) is 13.0 Å². The summed E-state index contributed by atoms with van der Waals surface area (Å²) in [6.07, 6.45) is 4.23. The Morgan fingerprint density at radius 2 is 1.83 bits per heavy atom. The van der Waals surface area contributed by atoms with Gasteiger partial charge in [-0.3, -0.25) is 4.98 Å². The minimum Gasteiger partial charge on any atom is -0.383 e. The molecule has 0 bridgehead atoms. The Labute approximate surface area is 173 Å². The van der Waals surface area contributed by atoms with Gasteiger partial charge in [-0.1, -0.05) is 18.2 Å². The number of nitrogens with one attached hydrogen (secondary N) is 1. The largest absolute Gasteiger partial charge is 0.383 e. The van der Waals surface area contributed by atoms with Crippen LogP contribution >= 0.6 is 0 Å². The molecule has 0 unspecified atom stereocenters. The topological polar surface area (TPSA) is 105 Å². The zero-order valence-corrected chi connectivity index (χ0v) is 16.5. The summed E-state index contributed by atoms with van der Waals surface area (Å²) in [5.74, 6) is 0.706. The Kier molecular flexibility index (Phi) is 5.05. The maximum absolute atomic E-state index is 13.2. The second-order valence-electron chi connectivity index (χ2n) is 6.94. The Balaban J connectivity index is 1.67. The van der Waals surface area contributed by atoms with Crippen molar-refractivity contribution >= 4 is 28.9 Å². The van der Waals surface area contributed by atoms with Crippen LogP contribution in [0.5, 0.6) is 0 Å². The predicted octanol–water partition coefficient (Wildman–Crippen LogP) is 4.00. The van der Waals surface area contributed by atoms with E-state index in [1.165, 1.54) is 18.5 Å². The molecule has 1 atom stereocenters. The Morgan fingerprint density at radius 1 is 1.07 bits per heavy atom. The van der Waals surface area contributed by atoms with Gasteiger partial charge in [0.05, 0.1) is 34.5 Å². The van der Waals surface area contributed by atoms with E-state index in [9.17, 15) is 4.39 Å². The fourth-order valence-corrected chi connectivity index (χ4v) is 3.26. The third-order valence-electron chi connectivity index (χ3n) is 5.16. The Hall–Kier alpha value is -3.94. The summed E-state index contributed by atoms with van der Waals surface area (Å²) in [5, 5.41) is 7.60. The maximum atomic E-state index is 13.2. The SMILES string of the molecule is C[C@H](c1ccc(F)cc1)N(C)c1cnc2cc(-c3ncnc(N)c3C=N)ccc2n1. The first-order valence-corrected chi connectivity index (χ1v) is 9.34. The van der Waals surface area contributed by atoms with E-state index in [1.807, 2.05) is 37.1 Å². The molecule has 2 aromatic carbocycles. The van der Waals surface area contributed by atoms with E-state index < -0.39 is 0 Å². The molecule has 7 nitrogen and oxygen atoms in total. The normalized spacial score (nSPS) is 12.0. The highest BCUT2D eigenvalue weighted by Crippen LogP contribution is 2.28. The molecule has 0 radical (unpaired) electrons. The van der Waals surface area contributed by atoms with Gasteiger partial charge in [0.1, 0.15) is 23.8 Å². The molecule has 4 aromatic rings. The number of fused-ring (bicyclic) bond motifs is 1. The van der Waals surface area contributed by atoms with Crippen molar-refractivity contribution in [3.05, 3.63) is 71.9 Å². The fraction of sp³-hybridized carbons (Fsp3) is 0.136. The second-order valence-corrected chi connectivity index (χ2v) is 6.94. The first kappa shape index (κ1) is 19.4. The predicted molar refractivity (Wildman–Crippen MR) is 116 cm³/mol. The number of rotatable bonds is 5. The van der Waals surface area contributed by atoms with Crippen LogP contribution in [0, 0.1) is 11.2 Å². The van der Waals surface area contributed by atoms with E-state index in [0.717, 1.165) is 22.9 Å². The van der Waals surface area contributed by atoms with Crippen molar-refractivity contribution in [2.24, 2.45) is 0 Å². The quantitative estimate of drug-likeness (QED) is 0.490. The highest BCUT2D eigenvalue weighted by Gasteiger charge is 2.15. The standard InChI is InChI=1S/C22H20FN7/c1-13(14-3-6-16(23)7-4-14)30(2)20-11-26-19-9-15(5-8-18(19)29-20)21-17(10-24)22(25)28-12-27-21/h3-13,24H,1-2H3,(H2,25,27,28)/t13-/m1/s1. The zero-order valence-electron chi connectivity index (χ0n) is 16.5. The molecule has 0 amide bonds. The lowest BCUT2D eigenvalue weighted by atomic mass is 10.1. The molecule has 0 aliphatic carbocycles. The van der Waals surface area contributed by atoms with Crippen LogP contribution in [0.25, 0.3) is 22.3 Å². The average Bonchev–Trinajstić information content (AvgIpc) is 2.77. The summed E-state index contributed by atoms with van der Waals surface area (Å²) in [5.41, 5.74) is 10.1. The van der Waals surface area contributed by atoms with Gasteiger partial charge in [-0.05, 0) is 36.8 Å². The Morgan fingerprint density at radius 3 is 2.57 bits per heavy atom. The second kappa shape index (κ2) is 7.82. The first-order chi connectivity index (χ1) is 14.5. The van der Waals surface area contributed by atoms with Crippen LogP contribution in [0.2, 0.25) is 0 Å². The summed E-state index contributed by atoms with van der Waals surface area (Å²) < 4.78 is 13.2. The molecule has 3 N–H and O–H groups in total. The van der Waals surface area contributed by atoms with Crippen molar-refractivity contribution in [2.75, 3.05) is 17.7 Å². The van der Waals surface area contributed by atoms with Crippen molar-refractivity contribution in [3.8, 4) is 11.3 Å². The van der Waals surface area contributed by atoms with Gasteiger partial charge in [0.25, 0.3) is 0 Å². The van der Waals surface area contributed by atoms with Crippen molar-refractivity contribution < 1.29 is 4.39 Å². The molecule has 30 heavy (non-hydrogen) atoms. The zero-order chi connectivity index (χ0) is 21.3. The molecule has 4 rings (SSSR count). The number of anilines is 2. The number of nitrogen functional groups attached to an aromatic ring is 1. The molecule has 2 heterocycles. The Bertz CT molecular complexity index is 1220. The van der Waals surface area contributed by atoms with Gasteiger partial charge in [0, 0.05) is 18.8 Å². The maximum Gasteiger partial charge on any atom is 0.148 e. The number of halogens is 1. The van der Waals surface area contributed by atoms with Gasteiger partial charge in [-0.2, -0.15) is 0 Å². The molecule has 8 heteroatoms. The minimum absolute atomic E-state index is 0.00392. The van der Waals surface area contributed by atoms with E-state index in [0.29, 0.717) is 22.6 Å². The minimum atomic E-state index is -0.258. The molecule has 0 fully saturated rings. The number of hydrogen-bond acceptors (Lipinski definition) is 7. The van der Waals surface area contributed by atoms with Crippen LogP contribution in [0.3, 0.4) is 0 Å². The third-order valence-corrected chi connectivity index (χ3v) is 5.16. The number of benzene rings is 2. The molecule has 2 aromatic heterocycles. The van der Waals surface area contributed by atoms with Gasteiger partial charge in [0.15, 0.2) is 0 Å². The molecule has 0 saturated carbocycles. The van der Waals surface area contributed by atoms with Crippen LogP contribution in [0.15, 0.2) is 55.0 Å². The molecular formula is C22H20FN7. The van der Waals surface area contributed by atoms with Crippen molar-refractivity contribution in [1.82, 2.24) is 19.9 Å². The third kappa shape index (κ3) is 3.55. The fourth-order valence-electron chi connectivity index (χ4n) is 3.26. The number of aromatic nitrogens is 4. The molecule has 0 spiro atoms. The van der Waals surface area contributed by atoms with Gasteiger partial charge < -0.3 is 16.0 Å². The molecule has 0 aliphatic heterocycles. The lowest BCUT2D eigenvalue weighted by Crippen LogP contribution is -2.22. The number of hydrogen-bond donors (Lipinski definition) is 2. The van der Waals surface area contributed by atoms with Crippen LogP contribution in [-0.4, -0.2) is 33.2 Å². The average molecular weight is 401 g/mol. The monoisotopic (exact) mass is 401 g/mol. The van der Waals surface area contributed by atoms with E-state index in [1.54, 1.807) is 18.3 Å². The number of nitrogens with two attached hydrogens (primary N) is 1. The van der Waals surface area contributed by atoms with E-state index in [-0.39, 0.29) is 17.7 Å². The lowest BCUT2D eigenvalue weighted by Gasteiger charge is -2.26. The summed E-state index contributed by atoms with van der Waals surface area (Å²) in [7, 11) is 1.93. The highest BCUT2D eigenvalue weighted by atomic mass is 19.1. The smallest absolute Gasteiger partial charge is 0.148 e. The first-order valence-electron chi connectivity index (χ1n) is 9.34. The molecule has 0 saturated heterocycles. The summed E-state index contributed by atoms with van der Waals surface area (Å²) in [6.45, 7) is 2.03. The van der Waals surface area contributed by atoms with E-state index in [2.05, 4.69) is 15.0 Å². The highest BCUT2D eigenvalue weighted by molar-refractivity contribution is 5.93. The molecule has 150 valence electrons. The summed E-state index contributed by atoms with van der Waals surface area (Å²) in [4.78, 5) is 19.5. The number of nitrogens with zero attached hydrogens (tertiary/aromatic N) is 5. The molecular weight excluding hydrogens is 381 g/mol. The van der Waals surface area contributed by atoms with Crippen LogP contribution in [-0.2, 0) is 0 Å². The van der Waals surface area contributed by atoms with Gasteiger partial charge in [-0.25, -0.2) is 19.3 Å². The lowest BCUT2D eigenvalue weighted by molar-refractivity contribution is 0.625. The van der Waals surface area contributed by atoms with Gasteiger partial charge >= 0.3 is 0 Å². The van der Waals surface area contributed by atoms with E-state index >= 15 is 0 Å². The summed E-state index contributed by atoms with van der Waals surface area (Å²) >= 11 is 0. The van der Waals surface area contributed by atoms with Gasteiger partial charge in [-0.15, -0.1) is 0 Å². The van der Waals surface area contributed by atoms with Crippen LogP contribution in [0.4, 0.5) is 16.0 Å².